The molecule has 0 aromatic heterocycles. The molecule has 0 saturated carbocycles. The number of benzene rings is 1. The number of nitriles is 1. The molecule has 0 radical (unpaired) electrons. The van der Waals surface area contributed by atoms with Crippen LogP contribution in [0, 0.1) is 17.1 Å². The Hall–Kier alpha value is -2.11. The lowest BCUT2D eigenvalue weighted by Gasteiger charge is -2.37. The number of piperidine rings is 1. The molecular weight excluding hydrogens is 399 g/mol. The van der Waals surface area contributed by atoms with Gasteiger partial charge >= 0.3 is 0 Å². The summed E-state index contributed by atoms with van der Waals surface area (Å²) in [5.74, 6) is 0.577. The molecule has 1 atom stereocenters. The standard InChI is InChI=1S/C23H27FN4OS/c1-2-30-29-28-7-4-21(5-8-28)27-23-13-19(11-17-3-6-26-15-22(17)23)18-9-16(14-25)10-20(24)12-18/h3,6,9-12,21,23,26-27H,2,4-5,7-8,13,15H2,1H3. The Bertz CT molecular complexity index is 912. The summed E-state index contributed by atoms with van der Waals surface area (Å²) in [5.41, 5.74) is 4.73. The highest BCUT2D eigenvalue weighted by molar-refractivity contribution is 7.94. The molecule has 1 saturated heterocycles. The summed E-state index contributed by atoms with van der Waals surface area (Å²) in [7, 11) is 0. The van der Waals surface area contributed by atoms with Gasteiger partial charge in [0.1, 0.15) is 5.82 Å². The van der Waals surface area contributed by atoms with E-state index in [-0.39, 0.29) is 11.9 Å². The minimum absolute atomic E-state index is 0.189. The van der Waals surface area contributed by atoms with E-state index in [0.29, 0.717) is 11.6 Å². The van der Waals surface area contributed by atoms with Gasteiger partial charge in [-0.05, 0) is 72.0 Å². The molecule has 0 amide bonds. The minimum Gasteiger partial charge on any atom is -0.387 e. The Morgan fingerprint density at radius 3 is 2.93 bits per heavy atom. The zero-order valence-electron chi connectivity index (χ0n) is 17.2. The molecule has 0 spiro atoms. The number of nitrogens with zero attached hydrogens (tertiary/aromatic N) is 2. The average molecular weight is 427 g/mol. The maximum atomic E-state index is 14.0. The number of halogens is 1. The van der Waals surface area contributed by atoms with Crippen LogP contribution in [0.25, 0.3) is 5.57 Å². The summed E-state index contributed by atoms with van der Waals surface area (Å²) in [4.78, 5) is 0. The average Bonchev–Trinajstić information content (AvgIpc) is 2.78. The molecule has 3 aliphatic rings. The first kappa shape index (κ1) is 21.1. The van der Waals surface area contributed by atoms with Gasteiger partial charge in [0.25, 0.3) is 0 Å². The molecule has 2 aliphatic heterocycles. The molecule has 158 valence electrons. The summed E-state index contributed by atoms with van der Waals surface area (Å²) in [6.45, 7) is 4.73. The molecule has 1 fully saturated rings. The van der Waals surface area contributed by atoms with Crippen LogP contribution < -0.4 is 10.6 Å². The number of hydroxylamine groups is 2. The van der Waals surface area contributed by atoms with E-state index >= 15 is 0 Å². The summed E-state index contributed by atoms with van der Waals surface area (Å²) in [6, 6.07) is 7.26. The Kier molecular flexibility index (Phi) is 6.90. The number of hydrogen-bond donors (Lipinski definition) is 2. The van der Waals surface area contributed by atoms with Gasteiger partial charge in [0.05, 0.1) is 11.6 Å². The topological polar surface area (TPSA) is 60.3 Å². The normalized spacial score (nSPS) is 22.3. The van der Waals surface area contributed by atoms with E-state index in [9.17, 15) is 9.65 Å². The Morgan fingerprint density at radius 2 is 2.17 bits per heavy atom. The highest BCUT2D eigenvalue weighted by Crippen LogP contribution is 2.34. The zero-order valence-corrected chi connectivity index (χ0v) is 18.0. The number of rotatable bonds is 6. The van der Waals surface area contributed by atoms with Crippen LogP contribution in [0.3, 0.4) is 0 Å². The summed E-state index contributed by atoms with van der Waals surface area (Å²) in [5, 5.41) is 18.4. The molecule has 1 aromatic carbocycles. The molecule has 2 heterocycles. The highest BCUT2D eigenvalue weighted by atomic mass is 32.2. The SMILES string of the molecule is CCSON1CCC(NC2CC(c3cc(F)cc(C#N)c3)=CC3=C2CNC=C3)CC1. The van der Waals surface area contributed by atoms with Crippen molar-refractivity contribution in [2.75, 3.05) is 25.4 Å². The number of dihydropyridines is 1. The second kappa shape index (κ2) is 9.80. The van der Waals surface area contributed by atoms with E-state index in [0.717, 1.165) is 55.8 Å². The predicted octanol–water partition coefficient (Wildman–Crippen LogP) is 3.92. The molecule has 5 nitrogen and oxygen atoms in total. The largest absolute Gasteiger partial charge is 0.387 e. The van der Waals surface area contributed by atoms with E-state index in [1.807, 2.05) is 11.3 Å². The van der Waals surface area contributed by atoms with Crippen molar-refractivity contribution in [2.24, 2.45) is 0 Å². The Balaban J connectivity index is 1.50. The van der Waals surface area contributed by atoms with Crippen LogP contribution in [0.1, 0.15) is 37.3 Å². The van der Waals surface area contributed by atoms with E-state index in [4.69, 9.17) is 4.28 Å². The summed E-state index contributed by atoms with van der Waals surface area (Å²) >= 11 is 1.49. The molecule has 30 heavy (non-hydrogen) atoms. The fourth-order valence-corrected chi connectivity index (χ4v) is 4.69. The van der Waals surface area contributed by atoms with Gasteiger partial charge in [0.15, 0.2) is 0 Å². The molecule has 0 bridgehead atoms. The monoisotopic (exact) mass is 426 g/mol. The molecule has 1 aliphatic carbocycles. The second-order valence-corrected chi connectivity index (χ2v) is 8.77. The first-order valence-electron chi connectivity index (χ1n) is 10.5. The second-order valence-electron chi connectivity index (χ2n) is 7.81. The van der Waals surface area contributed by atoms with Crippen molar-refractivity contribution in [3.63, 3.8) is 0 Å². The molecular formula is C23H27FN4OS. The van der Waals surface area contributed by atoms with E-state index in [2.05, 4.69) is 35.8 Å². The maximum Gasteiger partial charge on any atom is 0.125 e. The number of allylic oxidation sites excluding steroid dienone is 3. The van der Waals surface area contributed by atoms with Gasteiger partial charge in [0.2, 0.25) is 0 Å². The van der Waals surface area contributed by atoms with Gasteiger partial charge in [-0.2, -0.15) is 10.3 Å². The number of hydrogen-bond acceptors (Lipinski definition) is 6. The fourth-order valence-electron chi connectivity index (χ4n) is 4.29. The van der Waals surface area contributed by atoms with Crippen LogP contribution in [0.5, 0.6) is 0 Å². The van der Waals surface area contributed by atoms with Crippen LogP contribution in [0.2, 0.25) is 0 Å². The van der Waals surface area contributed by atoms with E-state index in [1.165, 1.54) is 35.3 Å². The lowest BCUT2D eigenvalue weighted by molar-refractivity contribution is -0.0587. The van der Waals surface area contributed by atoms with E-state index < -0.39 is 0 Å². The van der Waals surface area contributed by atoms with Crippen LogP contribution in [-0.4, -0.2) is 42.5 Å². The van der Waals surface area contributed by atoms with Gasteiger partial charge in [-0.1, -0.05) is 13.0 Å². The van der Waals surface area contributed by atoms with Crippen molar-refractivity contribution in [3.05, 3.63) is 64.6 Å². The molecule has 7 heteroatoms. The highest BCUT2D eigenvalue weighted by Gasteiger charge is 2.29. The van der Waals surface area contributed by atoms with Gasteiger partial charge in [-0.25, -0.2) is 8.67 Å². The quantitative estimate of drug-likeness (QED) is 0.673. The zero-order chi connectivity index (χ0) is 20.9. The van der Waals surface area contributed by atoms with Gasteiger partial charge in [-0.3, -0.25) is 0 Å². The van der Waals surface area contributed by atoms with Crippen molar-refractivity contribution in [3.8, 4) is 6.07 Å². The summed E-state index contributed by atoms with van der Waals surface area (Å²) in [6.07, 6.45) is 9.03. The van der Waals surface area contributed by atoms with Crippen LogP contribution in [0.15, 0.2) is 47.7 Å². The van der Waals surface area contributed by atoms with Crippen molar-refractivity contribution in [1.29, 1.82) is 5.26 Å². The van der Waals surface area contributed by atoms with Crippen molar-refractivity contribution >= 4 is 17.6 Å². The Labute approximate surface area is 181 Å². The molecule has 1 aromatic rings. The molecule has 1 unspecified atom stereocenters. The first-order valence-corrected chi connectivity index (χ1v) is 11.4. The summed E-state index contributed by atoms with van der Waals surface area (Å²) < 4.78 is 19.7. The van der Waals surface area contributed by atoms with Gasteiger partial charge < -0.3 is 10.6 Å². The van der Waals surface area contributed by atoms with Crippen molar-refractivity contribution in [2.45, 2.75) is 38.3 Å². The van der Waals surface area contributed by atoms with Crippen molar-refractivity contribution in [1.82, 2.24) is 15.7 Å². The van der Waals surface area contributed by atoms with Gasteiger partial charge in [-0.15, -0.1) is 0 Å². The minimum atomic E-state index is -0.368. The van der Waals surface area contributed by atoms with Gasteiger partial charge in [0, 0.05) is 49.5 Å². The fraction of sp³-hybridized carbons (Fsp3) is 0.435. The first-order chi connectivity index (χ1) is 14.7. The number of nitrogens with one attached hydrogen (secondary N) is 2. The van der Waals surface area contributed by atoms with Crippen LogP contribution in [-0.2, 0) is 4.28 Å². The third-order valence-electron chi connectivity index (χ3n) is 5.78. The molecule has 2 N–H and O–H groups in total. The lowest BCUT2D eigenvalue weighted by atomic mass is 9.83. The predicted molar refractivity (Wildman–Crippen MR) is 119 cm³/mol. The molecule has 4 rings (SSSR count). The third-order valence-corrected chi connectivity index (χ3v) is 6.33. The maximum absolute atomic E-state index is 14.0. The smallest absolute Gasteiger partial charge is 0.125 e. The third kappa shape index (κ3) is 4.96. The van der Waals surface area contributed by atoms with Crippen LogP contribution in [0.4, 0.5) is 4.39 Å². The Morgan fingerprint density at radius 1 is 1.33 bits per heavy atom. The lowest BCUT2D eigenvalue weighted by Crippen LogP contribution is -2.48. The van der Waals surface area contributed by atoms with Crippen molar-refractivity contribution < 1.29 is 8.67 Å². The van der Waals surface area contributed by atoms with E-state index in [1.54, 1.807) is 6.07 Å². The van der Waals surface area contributed by atoms with Crippen LogP contribution >= 0.6 is 12.0 Å².